The van der Waals surface area contributed by atoms with Crippen LogP contribution in [0.4, 0.5) is 4.39 Å². The number of rotatable bonds is 7. The quantitative estimate of drug-likeness (QED) is 0.520. The first-order chi connectivity index (χ1) is 15.9. The van der Waals surface area contributed by atoms with E-state index in [1.165, 1.54) is 12.1 Å². The highest BCUT2D eigenvalue weighted by molar-refractivity contribution is 6.31. The summed E-state index contributed by atoms with van der Waals surface area (Å²) in [4.78, 5) is 28.8. The maximum atomic E-state index is 13.4. The summed E-state index contributed by atoms with van der Waals surface area (Å²) < 4.78 is 31.4. The van der Waals surface area contributed by atoms with E-state index in [1.54, 1.807) is 28.9 Å². The van der Waals surface area contributed by atoms with Crippen LogP contribution in [-0.4, -0.2) is 53.4 Å². The van der Waals surface area contributed by atoms with Crippen molar-refractivity contribution in [2.45, 2.75) is 18.9 Å². The molecule has 0 radical (unpaired) electrons. The first-order valence-corrected chi connectivity index (χ1v) is 10.6. The summed E-state index contributed by atoms with van der Waals surface area (Å²) in [5, 5.41) is 5.84. The van der Waals surface area contributed by atoms with Gasteiger partial charge in [-0.25, -0.2) is 9.37 Å². The highest BCUT2D eigenvalue weighted by atomic mass is 35.5. The Kier molecular flexibility index (Phi) is 7.29. The molecule has 174 valence electrons. The number of carbonyl (C=O) groups excluding carboxylic acids is 2. The van der Waals surface area contributed by atoms with E-state index in [-0.39, 0.29) is 43.0 Å². The number of imidazole rings is 1. The Balaban J connectivity index is 1.18. The zero-order chi connectivity index (χ0) is 23.4. The minimum Gasteiger partial charge on any atom is -0.484 e. The van der Waals surface area contributed by atoms with E-state index in [9.17, 15) is 14.0 Å². The Hall–Kier alpha value is -2.92. The van der Waals surface area contributed by atoms with Gasteiger partial charge in [-0.15, -0.1) is 0 Å². The molecule has 2 atom stereocenters. The van der Waals surface area contributed by atoms with Gasteiger partial charge in [-0.3, -0.25) is 9.59 Å². The molecule has 3 heterocycles. The average molecular weight is 497 g/mol. The summed E-state index contributed by atoms with van der Waals surface area (Å²) in [5.41, 5.74) is 1.33. The molecule has 1 aromatic carbocycles. The first kappa shape index (κ1) is 23.2. The van der Waals surface area contributed by atoms with E-state index in [2.05, 4.69) is 15.6 Å². The van der Waals surface area contributed by atoms with Gasteiger partial charge in [0.2, 0.25) is 0 Å². The van der Waals surface area contributed by atoms with E-state index in [0.29, 0.717) is 16.4 Å². The molecule has 2 aromatic heterocycles. The molecule has 0 unspecified atom stereocenters. The average Bonchev–Trinajstić information content (AvgIpc) is 3.21. The normalized spacial score (nSPS) is 18.2. The van der Waals surface area contributed by atoms with Gasteiger partial charge in [0.05, 0.1) is 30.5 Å². The van der Waals surface area contributed by atoms with Crippen LogP contribution < -0.4 is 15.4 Å². The molecule has 33 heavy (non-hydrogen) atoms. The third-order valence-electron chi connectivity index (χ3n) is 4.69. The number of nitrogens with zero attached hydrogens (tertiary/aromatic N) is 2. The number of fused-ring (bicyclic) bond motifs is 1. The number of pyridine rings is 1. The Bertz CT molecular complexity index is 1170. The SMILES string of the molecule is O=C(COc1ccc(Cl)c(F)c1)N[C@H]1CO[C@H](C(=O)NCc2cn3ccc(Cl)cc3n2)CO1. The number of amides is 2. The van der Waals surface area contributed by atoms with Crippen molar-refractivity contribution in [3.05, 3.63) is 64.3 Å². The molecular weight excluding hydrogens is 478 g/mol. The first-order valence-electron chi connectivity index (χ1n) is 9.88. The fourth-order valence-corrected chi connectivity index (χ4v) is 3.33. The molecule has 3 aromatic rings. The monoisotopic (exact) mass is 496 g/mol. The second kappa shape index (κ2) is 10.3. The lowest BCUT2D eigenvalue weighted by Gasteiger charge is -2.29. The topological polar surface area (TPSA) is 103 Å². The number of benzene rings is 1. The van der Waals surface area contributed by atoms with Crippen LogP contribution in [0.5, 0.6) is 5.75 Å². The van der Waals surface area contributed by atoms with Crippen LogP contribution in [0.2, 0.25) is 10.0 Å². The van der Waals surface area contributed by atoms with Crippen molar-refractivity contribution in [3.63, 3.8) is 0 Å². The van der Waals surface area contributed by atoms with E-state index in [4.69, 9.17) is 37.4 Å². The fraction of sp³-hybridized carbons (Fsp3) is 0.286. The van der Waals surface area contributed by atoms with E-state index < -0.39 is 24.1 Å². The van der Waals surface area contributed by atoms with E-state index in [1.807, 2.05) is 0 Å². The van der Waals surface area contributed by atoms with Crippen LogP contribution in [0.15, 0.2) is 42.7 Å². The van der Waals surface area contributed by atoms with Gasteiger partial charge in [0, 0.05) is 23.5 Å². The van der Waals surface area contributed by atoms with E-state index >= 15 is 0 Å². The molecule has 0 bridgehead atoms. The molecule has 0 saturated carbocycles. The number of hydrogen-bond donors (Lipinski definition) is 2. The summed E-state index contributed by atoms with van der Waals surface area (Å²) >= 11 is 11.6. The van der Waals surface area contributed by atoms with Gasteiger partial charge in [0.25, 0.3) is 11.8 Å². The van der Waals surface area contributed by atoms with Crippen molar-refractivity contribution < 1.29 is 28.2 Å². The third-order valence-corrected chi connectivity index (χ3v) is 5.23. The van der Waals surface area contributed by atoms with Gasteiger partial charge < -0.3 is 29.2 Å². The molecule has 4 rings (SSSR count). The summed E-state index contributed by atoms with van der Waals surface area (Å²) in [6.07, 6.45) is 2.01. The standard InChI is InChI=1S/C21H19Cl2FN4O5/c22-12-3-4-28-8-13(26-18(28)5-12)7-25-21(30)17-9-33-20(11-32-17)27-19(29)10-31-14-1-2-15(23)16(24)6-14/h1-6,8,17,20H,7,9-11H2,(H,25,30)(H,27,29)/t17-,20+/m0/s1. The Morgan fingerprint density at radius 3 is 2.82 bits per heavy atom. The number of ether oxygens (including phenoxy) is 3. The number of carbonyl (C=O) groups is 2. The largest absolute Gasteiger partial charge is 0.484 e. The minimum atomic E-state index is -0.821. The molecule has 2 N–H and O–H groups in total. The number of aromatic nitrogens is 2. The second-order valence-electron chi connectivity index (χ2n) is 7.14. The number of hydrogen-bond acceptors (Lipinski definition) is 6. The molecule has 1 saturated heterocycles. The summed E-state index contributed by atoms with van der Waals surface area (Å²) in [7, 11) is 0. The lowest BCUT2D eigenvalue weighted by molar-refractivity contribution is -0.168. The lowest BCUT2D eigenvalue weighted by Crippen LogP contribution is -2.51. The predicted molar refractivity (Wildman–Crippen MR) is 117 cm³/mol. The van der Waals surface area contributed by atoms with Gasteiger partial charge in [-0.2, -0.15) is 0 Å². The maximum Gasteiger partial charge on any atom is 0.259 e. The number of halogens is 3. The highest BCUT2D eigenvalue weighted by Gasteiger charge is 2.28. The molecule has 12 heteroatoms. The molecule has 1 aliphatic rings. The van der Waals surface area contributed by atoms with Crippen molar-refractivity contribution in [1.29, 1.82) is 0 Å². The summed E-state index contributed by atoms with van der Waals surface area (Å²) in [6.45, 7) is -0.205. The molecular formula is C21H19Cl2FN4O5. The maximum absolute atomic E-state index is 13.4. The molecule has 2 amide bonds. The third kappa shape index (κ3) is 6.11. The van der Waals surface area contributed by atoms with Crippen LogP contribution in [0.3, 0.4) is 0 Å². The second-order valence-corrected chi connectivity index (χ2v) is 7.98. The van der Waals surface area contributed by atoms with Crippen molar-refractivity contribution in [2.75, 3.05) is 19.8 Å². The van der Waals surface area contributed by atoms with Crippen molar-refractivity contribution in [3.8, 4) is 5.75 Å². The molecule has 1 aliphatic heterocycles. The van der Waals surface area contributed by atoms with Crippen LogP contribution in [0.1, 0.15) is 5.69 Å². The molecule has 0 spiro atoms. The van der Waals surface area contributed by atoms with Crippen LogP contribution in [0, 0.1) is 5.82 Å². The smallest absolute Gasteiger partial charge is 0.259 e. The van der Waals surface area contributed by atoms with Gasteiger partial charge >= 0.3 is 0 Å². The number of nitrogens with one attached hydrogen (secondary N) is 2. The van der Waals surface area contributed by atoms with Gasteiger partial charge in [-0.05, 0) is 24.3 Å². The highest BCUT2D eigenvalue weighted by Crippen LogP contribution is 2.20. The zero-order valence-corrected chi connectivity index (χ0v) is 18.6. The zero-order valence-electron chi connectivity index (χ0n) is 17.1. The summed E-state index contributed by atoms with van der Waals surface area (Å²) in [5.74, 6) is -1.33. The van der Waals surface area contributed by atoms with Crippen LogP contribution in [-0.2, 0) is 25.6 Å². The molecule has 0 aliphatic carbocycles. The molecule has 1 fully saturated rings. The lowest BCUT2D eigenvalue weighted by atomic mass is 10.3. The Morgan fingerprint density at radius 1 is 1.21 bits per heavy atom. The molecule has 9 nitrogen and oxygen atoms in total. The summed E-state index contributed by atoms with van der Waals surface area (Å²) in [6, 6.07) is 7.32. The van der Waals surface area contributed by atoms with Gasteiger partial charge in [0.1, 0.15) is 17.2 Å². The van der Waals surface area contributed by atoms with Crippen molar-refractivity contribution >= 4 is 40.7 Å². The fourth-order valence-electron chi connectivity index (χ4n) is 3.06. The Labute approximate surface area is 197 Å². The Morgan fingerprint density at radius 2 is 2.06 bits per heavy atom. The van der Waals surface area contributed by atoms with E-state index in [0.717, 1.165) is 6.07 Å². The predicted octanol–water partition coefficient (Wildman–Crippen LogP) is 2.33. The van der Waals surface area contributed by atoms with Gasteiger partial charge in [0.15, 0.2) is 18.9 Å². The van der Waals surface area contributed by atoms with Crippen LogP contribution >= 0.6 is 23.2 Å². The van der Waals surface area contributed by atoms with Crippen LogP contribution in [0.25, 0.3) is 5.65 Å². The minimum absolute atomic E-state index is 0.0216. The van der Waals surface area contributed by atoms with Gasteiger partial charge in [-0.1, -0.05) is 23.2 Å². The van der Waals surface area contributed by atoms with Crippen molar-refractivity contribution in [2.24, 2.45) is 0 Å². The van der Waals surface area contributed by atoms with Crippen molar-refractivity contribution in [1.82, 2.24) is 20.0 Å².